The number of aromatic nitrogens is 2. The van der Waals surface area contributed by atoms with E-state index < -0.39 is 5.82 Å². The zero-order chi connectivity index (χ0) is 20.5. The molecule has 1 saturated carbocycles. The maximum Gasteiger partial charge on any atom is 0.259 e. The molecule has 0 bridgehead atoms. The Hall–Kier alpha value is -3.48. The molecular formula is C22H21FN4O2. The Kier molecular flexibility index (Phi) is 4.88. The average Bonchev–Trinajstić information content (AvgIpc) is 3.42. The number of rotatable bonds is 5. The van der Waals surface area contributed by atoms with Crippen molar-refractivity contribution in [3.05, 3.63) is 71.3 Å². The first-order valence-electron chi connectivity index (χ1n) is 9.46. The van der Waals surface area contributed by atoms with Crippen LogP contribution in [0.1, 0.15) is 47.3 Å². The highest BCUT2D eigenvalue weighted by Gasteiger charge is 2.33. The first-order valence-corrected chi connectivity index (χ1v) is 9.46. The molecule has 2 amide bonds. The number of carbonyl (C=O) groups excluding carboxylic acids is 2. The van der Waals surface area contributed by atoms with Gasteiger partial charge in [-0.15, -0.1) is 0 Å². The number of benzene rings is 2. The van der Waals surface area contributed by atoms with Gasteiger partial charge in [0.05, 0.1) is 28.8 Å². The summed E-state index contributed by atoms with van der Waals surface area (Å²) >= 11 is 0. The van der Waals surface area contributed by atoms with Gasteiger partial charge in [0.25, 0.3) is 5.91 Å². The van der Waals surface area contributed by atoms with E-state index in [4.69, 9.17) is 0 Å². The second-order valence-electron chi connectivity index (χ2n) is 7.25. The number of anilines is 2. The Morgan fingerprint density at radius 1 is 1.14 bits per heavy atom. The SMILES string of the molecule is CC(=O)Nc1cc(NC(=O)c2cnn(-c3ccccc3C)c2C2CC2)ccc1F. The number of hydrogen-bond acceptors (Lipinski definition) is 3. The van der Waals surface area contributed by atoms with Crippen LogP contribution in [-0.2, 0) is 4.79 Å². The highest BCUT2D eigenvalue weighted by atomic mass is 19.1. The van der Waals surface area contributed by atoms with Gasteiger partial charge in [-0.05, 0) is 49.6 Å². The standard InChI is InChI=1S/C22H21FN4O2/c1-13-5-3-4-6-20(13)27-21(15-7-8-15)17(12-24-27)22(29)26-16-9-10-18(23)19(11-16)25-14(2)28/h3-6,9-12,15H,7-8H2,1-2H3,(H,25,28)(H,26,29). The first-order chi connectivity index (χ1) is 13.9. The highest BCUT2D eigenvalue weighted by molar-refractivity contribution is 6.05. The predicted molar refractivity (Wildman–Crippen MR) is 109 cm³/mol. The van der Waals surface area contributed by atoms with Crippen molar-refractivity contribution in [2.45, 2.75) is 32.6 Å². The van der Waals surface area contributed by atoms with Crippen LogP contribution in [0.4, 0.5) is 15.8 Å². The second kappa shape index (κ2) is 7.50. The van der Waals surface area contributed by atoms with Crippen LogP contribution in [0.25, 0.3) is 5.69 Å². The Morgan fingerprint density at radius 3 is 2.59 bits per heavy atom. The van der Waals surface area contributed by atoms with E-state index in [1.54, 1.807) is 6.20 Å². The summed E-state index contributed by atoms with van der Waals surface area (Å²) in [7, 11) is 0. The van der Waals surface area contributed by atoms with Gasteiger partial charge in [0.15, 0.2) is 0 Å². The number of nitrogens with one attached hydrogen (secondary N) is 2. The highest BCUT2D eigenvalue weighted by Crippen LogP contribution is 2.42. The lowest BCUT2D eigenvalue weighted by Crippen LogP contribution is -2.15. The van der Waals surface area contributed by atoms with Crippen molar-refractivity contribution in [2.24, 2.45) is 0 Å². The Labute approximate surface area is 167 Å². The third-order valence-electron chi connectivity index (χ3n) is 4.89. The maximum atomic E-state index is 13.9. The fraction of sp³-hybridized carbons (Fsp3) is 0.227. The minimum atomic E-state index is -0.566. The van der Waals surface area contributed by atoms with Gasteiger partial charge in [-0.3, -0.25) is 9.59 Å². The van der Waals surface area contributed by atoms with Crippen LogP contribution >= 0.6 is 0 Å². The molecule has 148 valence electrons. The molecule has 1 aromatic heterocycles. The fourth-order valence-corrected chi connectivity index (χ4v) is 3.36. The maximum absolute atomic E-state index is 13.9. The van der Waals surface area contributed by atoms with Crippen LogP contribution in [0.2, 0.25) is 0 Å². The van der Waals surface area contributed by atoms with Crippen LogP contribution in [0, 0.1) is 12.7 Å². The summed E-state index contributed by atoms with van der Waals surface area (Å²) in [5.74, 6) is -0.972. The van der Waals surface area contributed by atoms with Crippen LogP contribution in [0.5, 0.6) is 0 Å². The zero-order valence-corrected chi connectivity index (χ0v) is 16.2. The molecule has 6 nitrogen and oxygen atoms in total. The van der Waals surface area contributed by atoms with E-state index in [9.17, 15) is 14.0 Å². The number of aryl methyl sites for hydroxylation is 1. The van der Waals surface area contributed by atoms with E-state index in [0.717, 1.165) is 29.8 Å². The minimum absolute atomic E-state index is 0.0216. The average molecular weight is 392 g/mol. The number of carbonyl (C=O) groups is 2. The molecule has 0 radical (unpaired) electrons. The number of halogens is 1. The first kappa shape index (κ1) is 18.9. The van der Waals surface area contributed by atoms with Gasteiger partial charge < -0.3 is 10.6 Å². The molecule has 0 saturated heterocycles. The van der Waals surface area contributed by atoms with Crippen molar-refractivity contribution >= 4 is 23.2 Å². The fourth-order valence-electron chi connectivity index (χ4n) is 3.36. The summed E-state index contributed by atoms with van der Waals surface area (Å²) in [5, 5.41) is 9.69. The van der Waals surface area contributed by atoms with Crippen molar-refractivity contribution in [3.63, 3.8) is 0 Å². The lowest BCUT2D eigenvalue weighted by atomic mass is 10.1. The van der Waals surface area contributed by atoms with Crippen molar-refractivity contribution in [1.29, 1.82) is 0 Å². The van der Waals surface area contributed by atoms with Gasteiger partial charge in [-0.2, -0.15) is 5.10 Å². The molecular weight excluding hydrogens is 371 g/mol. The van der Waals surface area contributed by atoms with E-state index in [2.05, 4.69) is 15.7 Å². The third-order valence-corrected chi connectivity index (χ3v) is 4.89. The summed E-state index contributed by atoms with van der Waals surface area (Å²) in [6.07, 6.45) is 3.61. The smallest absolute Gasteiger partial charge is 0.259 e. The lowest BCUT2D eigenvalue weighted by molar-refractivity contribution is -0.114. The molecule has 2 aromatic carbocycles. The number of hydrogen-bond donors (Lipinski definition) is 2. The molecule has 1 fully saturated rings. The molecule has 4 rings (SSSR count). The van der Waals surface area contributed by atoms with Gasteiger partial charge >= 0.3 is 0 Å². The third kappa shape index (κ3) is 3.89. The van der Waals surface area contributed by atoms with Gasteiger partial charge in [-0.1, -0.05) is 18.2 Å². The molecule has 0 spiro atoms. The number of nitrogens with zero attached hydrogens (tertiary/aromatic N) is 2. The van der Waals surface area contributed by atoms with Crippen molar-refractivity contribution in [3.8, 4) is 5.69 Å². The second-order valence-corrected chi connectivity index (χ2v) is 7.25. The quantitative estimate of drug-likeness (QED) is 0.675. The van der Waals surface area contributed by atoms with Crippen LogP contribution in [0.3, 0.4) is 0 Å². The zero-order valence-electron chi connectivity index (χ0n) is 16.2. The van der Waals surface area contributed by atoms with E-state index in [-0.39, 0.29) is 17.5 Å². The van der Waals surface area contributed by atoms with E-state index >= 15 is 0 Å². The monoisotopic (exact) mass is 392 g/mol. The topological polar surface area (TPSA) is 76.0 Å². The number of amides is 2. The molecule has 7 heteroatoms. The van der Waals surface area contributed by atoms with Crippen LogP contribution < -0.4 is 10.6 Å². The van der Waals surface area contributed by atoms with E-state index in [0.29, 0.717) is 17.2 Å². The molecule has 3 aromatic rings. The van der Waals surface area contributed by atoms with Gasteiger partial charge in [0.2, 0.25) is 5.91 Å². The summed E-state index contributed by atoms with van der Waals surface area (Å²) in [6, 6.07) is 12.0. The van der Waals surface area contributed by atoms with E-state index in [1.165, 1.54) is 25.1 Å². The summed E-state index contributed by atoms with van der Waals surface area (Å²) in [5.41, 5.74) is 3.83. The molecule has 2 N–H and O–H groups in total. The number of para-hydroxylation sites is 1. The Morgan fingerprint density at radius 2 is 1.90 bits per heavy atom. The summed E-state index contributed by atoms with van der Waals surface area (Å²) in [4.78, 5) is 24.2. The van der Waals surface area contributed by atoms with Gasteiger partial charge in [0, 0.05) is 18.5 Å². The minimum Gasteiger partial charge on any atom is -0.324 e. The van der Waals surface area contributed by atoms with Crippen molar-refractivity contribution < 1.29 is 14.0 Å². The van der Waals surface area contributed by atoms with Gasteiger partial charge in [-0.25, -0.2) is 9.07 Å². The molecule has 0 unspecified atom stereocenters. The Bertz CT molecular complexity index is 1100. The van der Waals surface area contributed by atoms with Crippen LogP contribution in [-0.4, -0.2) is 21.6 Å². The molecule has 0 atom stereocenters. The normalized spacial score (nSPS) is 13.2. The molecule has 1 aliphatic carbocycles. The largest absolute Gasteiger partial charge is 0.324 e. The van der Waals surface area contributed by atoms with Gasteiger partial charge in [0.1, 0.15) is 5.82 Å². The predicted octanol–water partition coefficient (Wildman–Crippen LogP) is 4.41. The lowest BCUT2D eigenvalue weighted by Gasteiger charge is -2.12. The molecule has 1 heterocycles. The molecule has 1 aliphatic rings. The van der Waals surface area contributed by atoms with Crippen LogP contribution in [0.15, 0.2) is 48.7 Å². The summed E-state index contributed by atoms with van der Waals surface area (Å²) in [6.45, 7) is 3.31. The van der Waals surface area contributed by atoms with Crippen molar-refractivity contribution in [1.82, 2.24) is 9.78 Å². The Balaban J connectivity index is 1.65. The van der Waals surface area contributed by atoms with E-state index in [1.807, 2.05) is 35.9 Å². The van der Waals surface area contributed by atoms with Crippen molar-refractivity contribution in [2.75, 3.05) is 10.6 Å². The molecule has 0 aliphatic heterocycles. The molecule has 29 heavy (non-hydrogen) atoms. The summed E-state index contributed by atoms with van der Waals surface area (Å²) < 4.78 is 15.7.